The van der Waals surface area contributed by atoms with Crippen LogP contribution in [0.2, 0.25) is 0 Å². The molecule has 3 aromatic carbocycles. The summed E-state index contributed by atoms with van der Waals surface area (Å²) >= 11 is 0. The standard InChI is InChI=1S/C29H26N2O5/c32-26(35-19-22-12-6-2-7-13-22)18-30-24(17-16-21-10-4-1-5-11-21)27(28(30)33)31-25(20-36-29(31)34)23-14-8-3-9-15-23/h1-17,24-25,27H,18-20H2/b17-16+/t24-,25-,27+/m1/s1. The summed E-state index contributed by atoms with van der Waals surface area (Å²) in [5, 5.41) is 0. The number of hydrogen-bond acceptors (Lipinski definition) is 5. The molecule has 36 heavy (non-hydrogen) atoms. The van der Waals surface area contributed by atoms with Crippen molar-refractivity contribution in [3.63, 3.8) is 0 Å². The second-order valence-corrected chi connectivity index (χ2v) is 8.73. The van der Waals surface area contributed by atoms with Crippen molar-refractivity contribution in [3.05, 3.63) is 114 Å². The Balaban J connectivity index is 1.36. The number of amides is 2. The summed E-state index contributed by atoms with van der Waals surface area (Å²) in [6.07, 6.45) is 3.22. The Morgan fingerprint density at radius 3 is 2.25 bits per heavy atom. The first kappa shape index (κ1) is 23.4. The van der Waals surface area contributed by atoms with Gasteiger partial charge in [-0.05, 0) is 16.7 Å². The number of nitrogens with zero attached hydrogens (tertiary/aromatic N) is 2. The van der Waals surface area contributed by atoms with Crippen LogP contribution in [0, 0.1) is 0 Å². The van der Waals surface area contributed by atoms with Crippen LogP contribution >= 0.6 is 0 Å². The molecular formula is C29H26N2O5. The Kier molecular flexibility index (Phi) is 6.80. The number of esters is 1. The minimum Gasteiger partial charge on any atom is -0.459 e. The molecule has 2 aliphatic heterocycles. The molecule has 3 aromatic rings. The van der Waals surface area contributed by atoms with E-state index in [0.717, 1.165) is 16.7 Å². The van der Waals surface area contributed by atoms with Gasteiger partial charge >= 0.3 is 12.1 Å². The fourth-order valence-corrected chi connectivity index (χ4v) is 4.60. The fraction of sp³-hybridized carbons (Fsp3) is 0.207. The van der Waals surface area contributed by atoms with Gasteiger partial charge in [0.2, 0.25) is 5.91 Å². The quantitative estimate of drug-likeness (QED) is 0.355. The van der Waals surface area contributed by atoms with Gasteiger partial charge < -0.3 is 14.4 Å². The van der Waals surface area contributed by atoms with Gasteiger partial charge in [0.05, 0.1) is 12.1 Å². The Labute approximate surface area is 209 Å². The lowest BCUT2D eigenvalue weighted by Crippen LogP contribution is -2.71. The smallest absolute Gasteiger partial charge is 0.411 e. The maximum absolute atomic E-state index is 13.3. The first-order chi connectivity index (χ1) is 17.6. The summed E-state index contributed by atoms with van der Waals surface area (Å²) in [6.45, 7) is 0.0932. The molecule has 182 valence electrons. The average Bonchev–Trinajstić information content (AvgIpc) is 3.30. The molecule has 2 amide bonds. The van der Waals surface area contributed by atoms with Crippen molar-refractivity contribution in [2.75, 3.05) is 13.2 Å². The molecule has 0 aromatic heterocycles. The van der Waals surface area contributed by atoms with Gasteiger partial charge in [-0.2, -0.15) is 0 Å². The molecule has 2 fully saturated rings. The van der Waals surface area contributed by atoms with Crippen molar-refractivity contribution in [2.45, 2.75) is 24.7 Å². The SMILES string of the molecule is O=C(CN1C(=O)[C@@H](N2C(=O)OC[C@@H]2c2ccccc2)[C@H]1/C=C/c1ccccc1)OCc1ccccc1. The lowest BCUT2D eigenvalue weighted by molar-refractivity contribution is -0.163. The van der Waals surface area contributed by atoms with Gasteiger partial charge in [-0.3, -0.25) is 14.5 Å². The normalized spacial score (nSPS) is 21.4. The number of ether oxygens (including phenoxy) is 2. The van der Waals surface area contributed by atoms with Crippen molar-refractivity contribution in [3.8, 4) is 0 Å². The highest BCUT2D eigenvalue weighted by Crippen LogP contribution is 2.37. The zero-order valence-electron chi connectivity index (χ0n) is 19.6. The average molecular weight is 483 g/mol. The summed E-state index contributed by atoms with van der Waals surface area (Å²) in [4.78, 5) is 41.7. The first-order valence-electron chi connectivity index (χ1n) is 11.8. The number of carbonyl (C=O) groups excluding carboxylic acids is 3. The number of β-lactam (4-membered cyclic amide) rings is 1. The maximum atomic E-state index is 13.3. The predicted octanol–water partition coefficient (Wildman–Crippen LogP) is 4.22. The van der Waals surface area contributed by atoms with E-state index >= 15 is 0 Å². The molecule has 0 bridgehead atoms. The summed E-state index contributed by atoms with van der Waals surface area (Å²) in [5.41, 5.74) is 2.71. The fourth-order valence-electron chi connectivity index (χ4n) is 4.60. The largest absolute Gasteiger partial charge is 0.459 e. The van der Waals surface area contributed by atoms with E-state index in [4.69, 9.17) is 9.47 Å². The van der Waals surface area contributed by atoms with Crippen molar-refractivity contribution >= 4 is 24.0 Å². The molecule has 7 nitrogen and oxygen atoms in total. The van der Waals surface area contributed by atoms with Crippen LogP contribution in [0.1, 0.15) is 22.7 Å². The van der Waals surface area contributed by atoms with Crippen LogP contribution in [0.15, 0.2) is 97.1 Å². The molecule has 0 N–H and O–H groups in total. The minimum atomic E-state index is -0.771. The molecule has 5 rings (SSSR count). The molecule has 3 atom stereocenters. The zero-order valence-corrected chi connectivity index (χ0v) is 19.6. The van der Waals surface area contributed by atoms with Crippen LogP contribution in [0.4, 0.5) is 4.79 Å². The molecule has 0 radical (unpaired) electrons. The molecule has 2 heterocycles. The topological polar surface area (TPSA) is 76.2 Å². The molecule has 0 unspecified atom stereocenters. The van der Waals surface area contributed by atoms with E-state index in [2.05, 4.69) is 0 Å². The molecule has 0 aliphatic carbocycles. The number of benzene rings is 3. The van der Waals surface area contributed by atoms with E-state index in [1.807, 2.05) is 103 Å². The van der Waals surface area contributed by atoms with E-state index in [1.54, 1.807) is 0 Å². The van der Waals surface area contributed by atoms with Crippen LogP contribution in [-0.4, -0.2) is 53.0 Å². The summed E-state index contributed by atoms with van der Waals surface area (Å²) in [7, 11) is 0. The zero-order chi connectivity index (χ0) is 24.9. The first-order valence-corrected chi connectivity index (χ1v) is 11.8. The second-order valence-electron chi connectivity index (χ2n) is 8.73. The van der Waals surface area contributed by atoms with Gasteiger partial charge in [0, 0.05) is 0 Å². The van der Waals surface area contributed by atoms with Gasteiger partial charge in [0.15, 0.2) is 0 Å². The third kappa shape index (κ3) is 4.86. The van der Waals surface area contributed by atoms with Crippen molar-refractivity contribution in [1.29, 1.82) is 0 Å². The van der Waals surface area contributed by atoms with Crippen LogP contribution in [0.5, 0.6) is 0 Å². The number of likely N-dealkylation sites (tertiary alicyclic amines) is 1. The number of cyclic esters (lactones) is 1. The summed E-state index contributed by atoms with van der Waals surface area (Å²) < 4.78 is 10.8. The molecule has 2 aliphatic rings. The molecule has 7 heteroatoms. The Bertz CT molecular complexity index is 1250. The van der Waals surface area contributed by atoms with Crippen LogP contribution in [0.3, 0.4) is 0 Å². The second kappa shape index (κ2) is 10.5. The summed E-state index contributed by atoms with van der Waals surface area (Å²) in [6, 6.07) is 26.9. The maximum Gasteiger partial charge on any atom is 0.411 e. The van der Waals surface area contributed by atoms with Gasteiger partial charge in [0.1, 0.15) is 25.8 Å². The van der Waals surface area contributed by atoms with Crippen LogP contribution in [-0.2, 0) is 25.7 Å². The predicted molar refractivity (Wildman–Crippen MR) is 133 cm³/mol. The highest BCUT2D eigenvalue weighted by Gasteiger charge is 2.55. The third-order valence-electron chi connectivity index (χ3n) is 6.44. The summed E-state index contributed by atoms with van der Waals surface area (Å²) in [5.74, 6) is -0.818. The van der Waals surface area contributed by atoms with Crippen molar-refractivity contribution in [2.24, 2.45) is 0 Å². The van der Waals surface area contributed by atoms with Crippen molar-refractivity contribution < 1.29 is 23.9 Å². The number of carbonyl (C=O) groups is 3. The van der Waals surface area contributed by atoms with Gasteiger partial charge in [-0.1, -0.05) is 103 Å². The number of hydrogen-bond donors (Lipinski definition) is 0. The molecule has 2 saturated heterocycles. The van der Waals surface area contributed by atoms with E-state index in [-0.39, 0.29) is 31.7 Å². The lowest BCUT2D eigenvalue weighted by Gasteiger charge is -2.49. The van der Waals surface area contributed by atoms with Gasteiger partial charge in [-0.15, -0.1) is 0 Å². The molecular weight excluding hydrogens is 456 g/mol. The third-order valence-corrected chi connectivity index (χ3v) is 6.44. The van der Waals surface area contributed by atoms with E-state index in [0.29, 0.717) is 0 Å². The Hall–Kier alpha value is -4.39. The van der Waals surface area contributed by atoms with E-state index in [9.17, 15) is 14.4 Å². The Morgan fingerprint density at radius 1 is 0.917 bits per heavy atom. The van der Waals surface area contributed by atoms with Crippen LogP contribution < -0.4 is 0 Å². The molecule has 0 spiro atoms. The molecule has 0 saturated carbocycles. The Morgan fingerprint density at radius 2 is 1.56 bits per heavy atom. The van der Waals surface area contributed by atoms with Crippen molar-refractivity contribution in [1.82, 2.24) is 9.80 Å². The van der Waals surface area contributed by atoms with Gasteiger partial charge in [0.25, 0.3) is 0 Å². The van der Waals surface area contributed by atoms with E-state index < -0.39 is 24.1 Å². The minimum absolute atomic E-state index is 0.129. The number of rotatable bonds is 8. The van der Waals surface area contributed by atoms with E-state index in [1.165, 1.54) is 9.80 Å². The van der Waals surface area contributed by atoms with Gasteiger partial charge in [-0.25, -0.2) is 4.79 Å². The highest BCUT2D eigenvalue weighted by atomic mass is 16.6. The monoisotopic (exact) mass is 482 g/mol. The highest BCUT2D eigenvalue weighted by molar-refractivity contribution is 5.96. The van der Waals surface area contributed by atoms with Crippen LogP contribution in [0.25, 0.3) is 6.08 Å². The lowest BCUT2D eigenvalue weighted by atomic mass is 9.90.